The molecule has 0 aliphatic carbocycles. The first-order valence-corrected chi connectivity index (χ1v) is 13.5. The molecule has 3 aromatic rings. The molecule has 32 heavy (non-hydrogen) atoms. The minimum Gasteiger partial charge on any atom is -0.329 e. The quantitative estimate of drug-likeness (QED) is 0.548. The fraction of sp³-hybridized carbons (Fsp3) is 0.417. The summed E-state index contributed by atoms with van der Waals surface area (Å²) in [6, 6.07) is 14.5. The number of amides is 1. The Bertz CT molecular complexity index is 1200. The average Bonchev–Trinajstić information content (AvgIpc) is 3.46. The Morgan fingerprint density at radius 2 is 1.78 bits per heavy atom. The van der Waals surface area contributed by atoms with Gasteiger partial charge in [-0.3, -0.25) is 4.79 Å². The highest BCUT2D eigenvalue weighted by atomic mass is 32.2. The molecule has 2 aliphatic rings. The van der Waals surface area contributed by atoms with Gasteiger partial charge in [-0.2, -0.15) is 4.31 Å². The fourth-order valence-electron chi connectivity index (χ4n) is 4.80. The number of likely N-dealkylation sites (tertiary alicyclic amines) is 1. The van der Waals surface area contributed by atoms with Crippen LogP contribution >= 0.6 is 11.3 Å². The smallest absolute Gasteiger partial charge is 0.254 e. The molecule has 0 radical (unpaired) electrons. The van der Waals surface area contributed by atoms with Crippen molar-refractivity contribution in [2.75, 3.05) is 13.1 Å². The van der Waals surface area contributed by atoms with Crippen LogP contribution in [0.25, 0.3) is 10.2 Å². The largest absolute Gasteiger partial charge is 0.329 e. The molecule has 1 aromatic heterocycles. The van der Waals surface area contributed by atoms with Crippen LogP contribution in [-0.2, 0) is 10.0 Å². The predicted molar refractivity (Wildman–Crippen MR) is 126 cm³/mol. The third-order valence-corrected chi connectivity index (χ3v) is 9.72. The minimum atomic E-state index is -3.54. The van der Waals surface area contributed by atoms with Gasteiger partial charge in [0.05, 0.1) is 21.2 Å². The Morgan fingerprint density at radius 1 is 1.00 bits per heavy atom. The van der Waals surface area contributed by atoms with Crippen molar-refractivity contribution in [3.8, 4) is 0 Å². The summed E-state index contributed by atoms with van der Waals surface area (Å²) in [4.78, 5) is 20.2. The Morgan fingerprint density at radius 3 is 2.53 bits per heavy atom. The van der Waals surface area contributed by atoms with Crippen molar-refractivity contribution in [3.63, 3.8) is 0 Å². The van der Waals surface area contributed by atoms with E-state index in [9.17, 15) is 13.2 Å². The van der Waals surface area contributed by atoms with Crippen LogP contribution in [0.3, 0.4) is 0 Å². The molecule has 0 spiro atoms. The van der Waals surface area contributed by atoms with E-state index < -0.39 is 10.0 Å². The normalized spacial score (nSPS) is 22.5. The second-order valence-electron chi connectivity index (χ2n) is 8.66. The third kappa shape index (κ3) is 3.84. The maximum Gasteiger partial charge on any atom is 0.254 e. The zero-order valence-corrected chi connectivity index (χ0v) is 19.7. The van der Waals surface area contributed by atoms with Crippen molar-refractivity contribution in [2.24, 2.45) is 0 Å². The molecule has 2 unspecified atom stereocenters. The van der Waals surface area contributed by atoms with E-state index in [1.807, 2.05) is 30.0 Å². The van der Waals surface area contributed by atoms with Gasteiger partial charge in [-0.15, -0.1) is 11.3 Å². The highest BCUT2D eigenvalue weighted by Crippen LogP contribution is 2.37. The number of benzene rings is 2. The SMILES string of the molecule is CC1CCCCN1S(=O)(=O)c1ccc(C(=O)N2CCCC2c2nc3ccccc3s2)cc1. The fourth-order valence-corrected chi connectivity index (χ4v) is 7.61. The predicted octanol–water partition coefficient (Wildman–Crippen LogP) is 4.84. The molecule has 6 nitrogen and oxygen atoms in total. The van der Waals surface area contributed by atoms with Gasteiger partial charge in [-0.1, -0.05) is 18.6 Å². The first-order chi connectivity index (χ1) is 15.4. The summed E-state index contributed by atoms with van der Waals surface area (Å²) in [5.41, 5.74) is 1.48. The van der Waals surface area contributed by atoms with Crippen LogP contribution in [-0.4, -0.2) is 47.6 Å². The van der Waals surface area contributed by atoms with Crippen molar-refractivity contribution in [3.05, 3.63) is 59.1 Å². The maximum absolute atomic E-state index is 13.3. The summed E-state index contributed by atoms with van der Waals surface area (Å²) < 4.78 is 28.9. The van der Waals surface area contributed by atoms with Crippen LogP contribution in [0.1, 0.15) is 60.4 Å². The lowest BCUT2D eigenvalue weighted by molar-refractivity contribution is 0.0735. The van der Waals surface area contributed by atoms with E-state index in [2.05, 4.69) is 6.07 Å². The molecule has 168 valence electrons. The third-order valence-electron chi connectivity index (χ3n) is 6.56. The number of hydrogen-bond acceptors (Lipinski definition) is 5. The van der Waals surface area contributed by atoms with Gasteiger partial charge in [0, 0.05) is 24.7 Å². The molecule has 1 amide bonds. The van der Waals surface area contributed by atoms with Gasteiger partial charge in [0.15, 0.2) is 0 Å². The lowest BCUT2D eigenvalue weighted by Crippen LogP contribution is -2.41. The Hall–Kier alpha value is -2.29. The van der Waals surface area contributed by atoms with E-state index in [-0.39, 0.29) is 22.9 Å². The minimum absolute atomic E-state index is 0.00854. The Balaban J connectivity index is 1.37. The molecule has 2 aromatic carbocycles. The van der Waals surface area contributed by atoms with Crippen LogP contribution in [0.4, 0.5) is 0 Å². The number of nitrogens with zero attached hydrogens (tertiary/aromatic N) is 3. The maximum atomic E-state index is 13.3. The summed E-state index contributed by atoms with van der Waals surface area (Å²) in [5, 5.41) is 0.968. The van der Waals surface area contributed by atoms with Gasteiger partial charge in [-0.05, 0) is 69.0 Å². The molecular formula is C24H27N3O3S2. The molecule has 2 aliphatic heterocycles. The first-order valence-electron chi connectivity index (χ1n) is 11.2. The van der Waals surface area contributed by atoms with E-state index in [1.54, 1.807) is 39.9 Å². The molecule has 5 rings (SSSR count). The van der Waals surface area contributed by atoms with Gasteiger partial charge < -0.3 is 4.90 Å². The van der Waals surface area contributed by atoms with E-state index >= 15 is 0 Å². The number of hydrogen-bond donors (Lipinski definition) is 0. The number of rotatable bonds is 4. The number of sulfonamides is 1. The average molecular weight is 470 g/mol. The number of fused-ring (bicyclic) bond motifs is 1. The van der Waals surface area contributed by atoms with Crippen LogP contribution in [0.15, 0.2) is 53.4 Å². The van der Waals surface area contributed by atoms with Crippen molar-refractivity contribution in [2.45, 2.75) is 56.0 Å². The van der Waals surface area contributed by atoms with Crippen LogP contribution < -0.4 is 0 Å². The van der Waals surface area contributed by atoms with E-state index in [4.69, 9.17) is 4.98 Å². The number of carbonyl (C=O) groups is 1. The number of aromatic nitrogens is 1. The second kappa shape index (κ2) is 8.57. The van der Waals surface area contributed by atoms with Gasteiger partial charge in [-0.25, -0.2) is 13.4 Å². The number of para-hydroxylation sites is 1. The Labute approximate surface area is 192 Å². The zero-order valence-electron chi connectivity index (χ0n) is 18.1. The Kier molecular flexibility index (Phi) is 5.77. The van der Waals surface area contributed by atoms with Crippen LogP contribution in [0.5, 0.6) is 0 Å². The summed E-state index contributed by atoms with van der Waals surface area (Å²) in [7, 11) is -3.54. The molecule has 0 saturated carbocycles. The topological polar surface area (TPSA) is 70.6 Å². The van der Waals surface area contributed by atoms with Crippen molar-refractivity contribution < 1.29 is 13.2 Å². The van der Waals surface area contributed by atoms with Crippen LogP contribution in [0, 0.1) is 0 Å². The van der Waals surface area contributed by atoms with E-state index in [1.165, 1.54) is 0 Å². The molecule has 2 fully saturated rings. The monoisotopic (exact) mass is 469 g/mol. The highest BCUT2D eigenvalue weighted by Gasteiger charge is 2.34. The molecule has 2 saturated heterocycles. The number of thiazole rings is 1. The summed E-state index contributed by atoms with van der Waals surface area (Å²) in [5.74, 6) is -0.0676. The summed E-state index contributed by atoms with van der Waals surface area (Å²) >= 11 is 1.64. The van der Waals surface area contributed by atoms with Crippen molar-refractivity contribution in [1.29, 1.82) is 0 Å². The highest BCUT2D eigenvalue weighted by molar-refractivity contribution is 7.89. The first kappa shape index (κ1) is 21.6. The van der Waals surface area contributed by atoms with Gasteiger partial charge in [0.25, 0.3) is 5.91 Å². The molecular weight excluding hydrogens is 442 g/mol. The number of piperidine rings is 1. The molecule has 2 atom stereocenters. The van der Waals surface area contributed by atoms with E-state index in [0.29, 0.717) is 18.7 Å². The lowest BCUT2D eigenvalue weighted by atomic mass is 10.1. The van der Waals surface area contributed by atoms with Gasteiger partial charge in [0.1, 0.15) is 5.01 Å². The zero-order chi connectivity index (χ0) is 22.3. The molecule has 0 N–H and O–H groups in total. The lowest BCUT2D eigenvalue weighted by Gasteiger charge is -2.32. The van der Waals surface area contributed by atoms with Gasteiger partial charge >= 0.3 is 0 Å². The second-order valence-corrected chi connectivity index (χ2v) is 11.6. The molecule has 3 heterocycles. The van der Waals surface area contributed by atoms with Crippen molar-refractivity contribution in [1.82, 2.24) is 14.2 Å². The summed E-state index contributed by atoms with van der Waals surface area (Å²) in [6.07, 6.45) is 4.67. The van der Waals surface area contributed by atoms with Gasteiger partial charge in [0.2, 0.25) is 10.0 Å². The van der Waals surface area contributed by atoms with Crippen molar-refractivity contribution >= 4 is 37.5 Å². The molecule has 0 bridgehead atoms. The van der Waals surface area contributed by atoms with Crippen LogP contribution in [0.2, 0.25) is 0 Å². The molecule has 8 heteroatoms. The number of carbonyl (C=O) groups excluding carboxylic acids is 1. The summed E-state index contributed by atoms with van der Waals surface area (Å²) in [6.45, 7) is 3.21. The standard InChI is InChI=1S/C24H27N3O3S2/c1-17-7-4-5-16-27(17)32(29,30)19-13-11-18(12-14-19)24(28)26-15-6-9-21(26)23-25-20-8-2-3-10-22(20)31-23/h2-3,8,10-14,17,21H,4-7,9,15-16H2,1H3. The van der Waals surface area contributed by atoms with E-state index in [0.717, 1.165) is 47.3 Å².